The van der Waals surface area contributed by atoms with Crippen molar-refractivity contribution in [1.82, 2.24) is 15.0 Å². The van der Waals surface area contributed by atoms with Gasteiger partial charge in [0.05, 0.1) is 5.69 Å². The van der Waals surface area contributed by atoms with Gasteiger partial charge in [0.1, 0.15) is 11.8 Å². The molecular formula is C16H10N4. The molecular weight excluding hydrogens is 248 g/mol. The Morgan fingerprint density at radius 1 is 0.750 bits per heavy atom. The molecule has 0 N–H and O–H groups in total. The van der Waals surface area contributed by atoms with Crippen molar-refractivity contribution in [3.63, 3.8) is 0 Å². The van der Waals surface area contributed by atoms with Crippen molar-refractivity contribution in [2.75, 3.05) is 0 Å². The first-order valence-corrected chi connectivity index (χ1v) is 6.10. The van der Waals surface area contributed by atoms with Crippen molar-refractivity contribution < 1.29 is 0 Å². The van der Waals surface area contributed by atoms with Gasteiger partial charge in [-0.3, -0.25) is 9.97 Å². The van der Waals surface area contributed by atoms with E-state index in [1.807, 2.05) is 36.4 Å². The van der Waals surface area contributed by atoms with Crippen molar-refractivity contribution in [3.05, 3.63) is 66.9 Å². The highest BCUT2D eigenvalue weighted by Gasteiger charge is 2.08. The van der Waals surface area contributed by atoms with E-state index in [0.29, 0.717) is 5.69 Å². The maximum absolute atomic E-state index is 9.31. The number of hydrogen-bond acceptors (Lipinski definition) is 4. The number of hydrogen-bond donors (Lipinski definition) is 0. The van der Waals surface area contributed by atoms with E-state index in [9.17, 15) is 5.26 Å². The van der Waals surface area contributed by atoms with Gasteiger partial charge in [-0.15, -0.1) is 0 Å². The minimum absolute atomic E-state index is 0.408. The largest absolute Gasteiger partial charge is 0.265 e. The summed E-state index contributed by atoms with van der Waals surface area (Å²) >= 11 is 0. The minimum Gasteiger partial charge on any atom is -0.265 e. The Bertz CT molecular complexity index is 761. The highest BCUT2D eigenvalue weighted by molar-refractivity contribution is 5.71. The molecule has 4 nitrogen and oxygen atoms in total. The molecule has 4 heteroatoms. The third-order valence-electron chi connectivity index (χ3n) is 2.97. The second-order valence-electron chi connectivity index (χ2n) is 4.18. The molecule has 0 saturated heterocycles. The second-order valence-corrected chi connectivity index (χ2v) is 4.18. The predicted octanol–water partition coefficient (Wildman–Crippen LogP) is 3.08. The fraction of sp³-hybridized carbons (Fsp3) is 0. The fourth-order valence-electron chi connectivity index (χ4n) is 1.99. The highest BCUT2D eigenvalue weighted by atomic mass is 14.7. The minimum atomic E-state index is 0.408. The van der Waals surface area contributed by atoms with Gasteiger partial charge in [0.25, 0.3) is 0 Å². The van der Waals surface area contributed by atoms with Crippen LogP contribution in [0.1, 0.15) is 5.69 Å². The molecule has 3 aromatic heterocycles. The standard InChI is InChI=1S/C16H10N4/c17-11-16-14(12-3-7-18-8-4-12)1-2-15(20-16)13-5-9-19-10-6-13/h1-10H. The van der Waals surface area contributed by atoms with Crippen LogP contribution in [0.4, 0.5) is 0 Å². The van der Waals surface area contributed by atoms with Crippen LogP contribution in [0.2, 0.25) is 0 Å². The summed E-state index contributed by atoms with van der Waals surface area (Å²) in [5.41, 5.74) is 3.86. The zero-order valence-corrected chi connectivity index (χ0v) is 10.6. The van der Waals surface area contributed by atoms with Crippen LogP contribution < -0.4 is 0 Å². The van der Waals surface area contributed by atoms with Crippen LogP contribution in [0, 0.1) is 11.3 Å². The van der Waals surface area contributed by atoms with E-state index in [2.05, 4.69) is 21.0 Å². The number of nitrogens with zero attached hydrogens (tertiary/aromatic N) is 4. The predicted molar refractivity (Wildman–Crippen MR) is 75.4 cm³/mol. The average molecular weight is 258 g/mol. The maximum atomic E-state index is 9.31. The molecule has 20 heavy (non-hydrogen) atoms. The molecule has 0 aliphatic heterocycles. The van der Waals surface area contributed by atoms with Gasteiger partial charge in [-0.2, -0.15) is 5.26 Å². The quantitative estimate of drug-likeness (QED) is 0.708. The molecule has 94 valence electrons. The summed E-state index contributed by atoms with van der Waals surface area (Å²) in [6.07, 6.45) is 6.82. The zero-order chi connectivity index (χ0) is 13.8. The van der Waals surface area contributed by atoms with Crippen molar-refractivity contribution in [3.8, 4) is 28.5 Å². The van der Waals surface area contributed by atoms with Crippen LogP contribution in [0.25, 0.3) is 22.4 Å². The molecule has 3 aromatic rings. The maximum Gasteiger partial charge on any atom is 0.148 e. The molecule has 0 bridgehead atoms. The number of aromatic nitrogens is 3. The summed E-state index contributed by atoms with van der Waals surface area (Å²) in [6, 6.07) is 13.5. The third kappa shape index (κ3) is 2.25. The summed E-state index contributed by atoms with van der Waals surface area (Å²) in [5, 5.41) is 9.31. The Morgan fingerprint density at radius 2 is 1.35 bits per heavy atom. The van der Waals surface area contributed by atoms with E-state index in [1.165, 1.54) is 0 Å². The number of rotatable bonds is 2. The van der Waals surface area contributed by atoms with E-state index >= 15 is 0 Å². The monoisotopic (exact) mass is 258 g/mol. The van der Waals surface area contributed by atoms with Crippen LogP contribution in [-0.2, 0) is 0 Å². The molecule has 0 amide bonds. The number of nitriles is 1. The van der Waals surface area contributed by atoms with Gasteiger partial charge in [0.15, 0.2) is 0 Å². The summed E-state index contributed by atoms with van der Waals surface area (Å²) in [5.74, 6) is 0. The second kappa shape index (κ2) is 5.29. The summed E-state index contributed by atoms with van der Waals surface area (Å²) in [7, 11) is 0. The molecule has 0 atom stereocenters. The first-order chi connectivity index (χ1) is 9.88. The van der Waals surface area contributed by atoms with Crippen molar-refractivity contribution in [1.29, 1.82) is 5.26 Å². The summed E-state index contributed by atoms with van der Waals surface area (Å²) in [4.78, 5) is 12.4. The molecule has 0 unspecified atom stereocenters. The van der Waals surface area contributed by atoms with Crippen molar-refractivity contribution >= 4 is 0 Å². The van der Waals surface area contributed by atoms with E-state index in [-0.39, 0.29) is 0 Å². The Kier molecular flexibility index (Phi) is 3.17. The zero-order valence-electron chi connectivity index (χ0n) is 10.6. The van der Waals surface area contributed by atoms with Gasteiger partial charge in [-0.25, -0.2) is 4.98 Å². The lowest BCUT2D eigenvalue weighted by molar-refractivity contribution is 1.25. The Hall–Kier alpha value is -3.06. The normalized spacial score (nSPS) is 9.95. The van der Waals surface area contributed by atoms with E-state index in [1.54, 1.807) is 24.8 Å². The van der Waals surface area contributed by atoms with Crippen LogP contribution in [0.3, 0.4) is 0 Å². The molecule has 3 heterocycles. The third-order valence-corrected chi connectivity index (χ3v) is 2.97. The lowest BCUT2D eigenvalue weighted by Crippen LogP contribution is -1.92. The van der Waals surface area contributed by atoms with Crippen LogP contribution in [0.5, 0.6) is 0 Å². The first kappa shape index (κ1) is 12.0. The highest BCUT2D eigenvalue weighted by Crippen LogP contribution is 2.25. The van der Waals surface area contributed by atoms with Gasteiger partial charge in [0.2, 0.25) is 0 Å². The van der Waals surface area contributed by atoms with Gasteiger partial charge >= 0.3 is 0 Å². The van der Waals surface area contributed by atoms with Crippen molar-refractivity contribution in [2.45, 2.75) is 0 Å². The van der Waals surface area contributed by atoms with E-state index in [0.717, 1.165) is 22.4 Å². The summed E-state index contributed by atoms with van der Waals surface area (Å²) in [6.45, 7) is 0. The lowest BCUT2D eigenvalue weighted by Gasteiger charge is -2.06. The smallest absolute Gasteiger partial charge is 0.148 e. The SMILES string of the molecule is N#Cc1nc(-c2ccncc2)ccc1-c1ccncc1. The van der Waals surface area contributed by atoms with Gasteiger partial charge < -0.3 is 0 Å². The average Bonchev–Trinajstić information content (AvgIpc) is 2.56. The fourth-order valence-corrected chi connectivity index (χ4v) is 1.99. The Labute approximate surface area is 116 Å². The lowest BCUT2D eigenvalue weighted by atomic mass is 10.0. The molecule has 0 aromatic carbocycles. The van der Waals surface area contributed by atoms with Crippen LogP contribution >= 0.6 is 0 Å². The molecule has 3 rings (SSSR count). The molecule has 0 aliphatic rings. The van der Waals surface area contributed by atoms with Crippen molar-refractivity contribution in [2.24, 2.45) is 0 Å². The Balaban J connectivity index is 2.11. The first-order valence-electron chi connectivity index (χ1n) is 6.10. The molecule has 0 saturated carbocycles. The van der Waals surface area contributed by atoms with Gasteiger partial charge in [-0.1, -0.05) is 0 Å². The Morgan fingerprint density at radius 3 is 1.95 bits per heavy atom. The number of pyridine rings is 3. The van der Waals surface area contributed by atoms with Crippen LogP contribution in [0.15, 0.2) is 61.2 Å². The molecule has 0 fully saturated rings. The molecule has 0 spiro atoms. The van der Waals surface area contributed by atoms with Gasteiger partial charge in [-0.05, 0) is 42.0 Å². The van der Waals surface area contributed by atoms with Crippen LogP contribution in [-0.4, -0.2) is 15.0 Å². The topological polar surface area (TPSA) is 62.5 Å². The molecule has 0 radical (unpaired) electrons. The van der Waals surface area contributed by atoms with E-state index in [4.69, 9.17) is 0 Å². The van der Waals surface area contributed by atoms with E-state index < -0.39 is 0 Å². The molecule has 0 aliphatic carbocycles. The summed E-state index contributed by atoms with van der Waals surface area (Å²) < 4.78 is 0. The van der Waals surface area contributed by atoms with Gasteiger partial charge in [0, 0.05) is 35.9 Å².